The Morgan fingerprint density at radius 3 is 2.11 bits per heavy atom. The van der Waals surface area contributed by atoms with E-state index in [1.807, 2.05) is 12.1 Å². The van der Waals surface area contributed by atoms with Crippen LogP contribution in [0.25, 0.3) is 10.8 Å². The zero-order chi connectivity index (χ0) is 12.4. The smallest absolute Gasteiger partial charge is 0.873 e. The molecular weight excluding hydrogens is 339 g/mol. The summed E-state index contributed by atoms with van der Waals surface area (Å²) in [6.07, 6.45) is 3.24. The Morgan fingerprint density at radius 2 is 1.56 bits per heavy atom. The molecule has 0 radical (unpaired) electrons. The maximum absolute atomic E-state index is 11.3. The number of unbranched alkanes of at least 4 members (excludes halogenated alkanes) is 1. The van der Waals surface area contributed by atoms with Crippen LogP contribution in [0.4, 0.5) is 0 Å². The molecule has 0 spiro atoms. The predicted octanol–water partition coefficient (Wildman–Crippen LogP) is 3.09. The number of hydrogen-bond donors (Lipinski definition) is 0. The van der Waals surface area contributed by atoms with Crippen LogP contribution in [0.2, 0.25) is 0 Å². The minimum absolute atomic E-state index is 0. The van der Waals surface area contributed by atoms with Gasteiger partial charge in [-0.2, -0.15) is 0 Å². The average molecular weight is 352 g/mol. The van der Waals surface area contributed by atoms with Crippen LogP contribution < -0.4 is 10.2 Å². The molecule has 2 rings (SSSR count). The van der Waals surface area contributed by atoms with Crippen molar-refractivity contribution >= 4 is 26.7 Å². The first kappa shape index (κ1) is 15.3. The normalized spacial score (nSPS) is 10.3. The predicted molar refractivity (Wildman–Crippen MR) is 69.2 cm³/mol. The average Bonchev–Trinajstić information content (AvgIpc) is 2.29. The minimum atomic E-state index is -0.439. The monoisotopic (exact) mass is 350 g/mol. The number of aryl methyl sites for hydroxylation is 1. The van der Waals surface area contributed by atoms with Crippen LogP contribution in [0.3, 0.4) is 0 Å². The summed E-state index contributed by atoms with van der Waals surface area (Å²) in [7, 11) is 0. The van der Waals surface area contributed by atoms with E-state index in [9.17, 15) is 10.2 Å². The molecule has 2 nitrogen and oxygen atoms in total. The van der Waals surface area contributed by atoms with Gasteiger partial charge in [-0.25, -0.2) is 0 Å². The molecule has 2 aromatic rings. The number of rotatable bonds is 3. The second-order valence-electron chi connectivity index (χ2n) is 4.19. The summed E-state index contributed by atoms with van der Waals surface area (Å²) >= 11 is 3.51. The Hall–Kier alpha value is -0.726. The third-order valence-corrected chi connectivity index (χ3v) is 3.61. The Kier molecular flexibility index (Phi) is 5.49. The molecule has 0 heterocycles. The quantitative estimate of drug-likeness (QED) is 0.798. The summed E-state index contributed by atoms with van der Waals surface area (Å²) < 4.78 is 1.01. The third-order valence-electron chi connectivity index (χ3n) is 2.87. The number of fused-ring (bicyclic) bond motifs is 1. The molecule has 0 aliphatic rings. The first-order chi connectivity index (χ1) is 8.11. The third kappa shape index (κ3) is 3.18. The van der Waals surface area contributed by atoms with E-state index >= 15 is 0 Å². The molecule has 0 saturated heterocycles. The van der Waals surface area contributed by atoms with E-state index in [2.05, 4.69) is 22.9 Å². The van der Waals surface area contributed by atoms with E-state index in [0.29, 0.717) is 0 Å². The van der Waals surface area contributed by atoms with E-state index in [1.54, 1.807) is 0 Å². The topological polar surface area (TPSA) is 46.1 Å². The molecule has 2 aromatic carbocycles. The summed E-state index contributed by atoms with van der Waals surface area (Å²) in [5, 5.41) is 24.3. The van der Waals surface area contributed by atoms with Crippen LogP contribution in [0.5, 0.6) is 11.5 Å². The second-order valence-corrected chi connectivity index (χ2v) is 5.05. The number of benzene rings is 2. The fraction of sp³-hybridized carbons (Fsp3) is 0.286. The van der Waals surface area contributed by atoms with Gasteiger partial charge >= 0.3 is 16.5 Å². The zero-order valence-electron chi connectivity index (χ0n) is 9.94. The van der Waals surface area contributed by atoms with Crippen LogP contribution in [0.1, 0.15) is 25.3 Å². The van der Waals surface area contributed by atoms with E-state index in [0.717, 1.165) is 34.5 Å². The molecule has 98 valence electrons. The standard InChI is InChI=1S/C14H15BrO2.Ni/c1-2-3-4-9-5-10-7-13(16)14(17)8-11(10)6-12(9)15;/h5-8,16-17H,2-4H2,1H3;/q;+2/p-2. The van der Waals surface area contributed by atoms with Gasteiger partial charge in [0.05, 0.1) is 0 Å². The van der Waals surface area contributed by atoms with Crippen LogP contribution in [-0.4, -0.2) is 0 Å². The largest absolute Gasteiger partial charge is 2.00 e. The Labute approximate surface area is 125 Å². The van der Waals surface area contributed by atoms with E-state index in [1.165, 1.54) is 17.7 Å². The second kappa shape index (κ2) is 6.44. The van der Waals surface area contributed by atoms with Gasteiger partial charge in [-0.3, -0.25) is 0 Å². The van der Waals surface area contributed by atoms with Crippen LogP contribution in [-0.2, 0) is 22.9 Å². The van der Waals surface area contributed by atoms with Crippen molar-refractivity contribution in [2.45, 2.75) is 26.2 Å². The van der Waals surface area contributed by atoms with Crippen molar-refractivity contribution in [3.05, 3.63) is 34.3 Å². The van der Waals surface area contributed by atoms with Gasteiger partial charge in [0.25, 0.3) is 0 Å². The molecule has 0 unspecified atom stereocenters. The molecular formula is C14H13BrNiO2. The summed E-state index contributed by atoms with van der Waals surface area (Å²) in [5.41, 5.74) is 1.19. The fourth-order valence-electron chi connectivity index (χ4n) is 1.89. The summed E-state index contributed by atoms with van der Waals surface area (Å²) in [4.78, 5) is 0. The number of hydrogen-bond acceptors (Lipinski definition) is 2. The maximum Gasteiger partial charge on any atom is 2.00 e. The summed E-state index contributed by atoms with van der Waals surface area (Å²) in [6.45, 7) is 2.15. The van der Waals surface area contributed by atoms with Crippen molar-refractivity contribution in [2.75, 3.05) is 0 Å². The molecule has 4 heteroatoms. The van der Waals surface area contributed by atoms with Gasteiger partial charge in [0, 0.05) is 4.47 Å². The van der Waals surface area contributed by atoms with Crippen molar-refractivity contribution in [3.63, 3.8) is 0 Å². The van der Waals surface area contributed by atoms with E-state index in [4.69, 9.17) is 0 Å². The van der Waals surface area contributed by atoms with Crippen LogP contribution in [0, 0.1) is 0 Å². The molecule has 18 heavy (non-hydrogen) atoms. The molecule has 0 aliphatic heterocycles. The summed E-state index contributed by atoms with van der Waals surface area (Å²) in [6, 6.07) is 6.75. The first-order valence-corrected chi connectivity index (χ1v) is 6.51. The van der Waals surface area contributed by atoms with Gasteiger partial charge in [0.1, 0.15) is 0 Å². The van der Waals surface area contributed by atoms with Gasteiger partial charge in [0.15, 0.2) is 0 Å². The van der Waals surface area contributed by atoms with Crippen molar-refractivity contribution < 1.29 is 26.7 Å². The van der Waals surface area contributed by atoms with E-state index < -0.39 is 11.5 Å². The number of halogens is 1. The zero-order valence-corrected chi connectivity index (χ0v) is 12.5. The maximum atomic E-state index is 11.3. The fourth-order valence-corrected chi connectivity index (χ4v) is 2.45. The molecule has 0 N–H and O–H groups in total. The van der Waals surface area contributed by atoms with Crippen molar-refractivity contribution in [2.24, 2.45) is 0 Å². The molecule has 0 aliphatic carbocycles. The Morgan fingerprint density at radius 1 is 1.00 bits per heavy atom. The van der Waals surface area contributed by atoms with Crippen LogP contribution in [0.15, 0.2) is 28.7 Å². The van der Waals surface area contributed by atoms with Crippen molar-refractivity contribution in [3.8, 4) is 11.5 Å². The molecule has 0 saturated carbocycles. The van der Waals surface area contributed by atoms with Crippen LogP contribution >= 0.6 is 15.9 Å². The molecule has 0 bridgehead atoms. The van der Waals surface area contributed by atoms with Gasteiger partial charge in [-0.05, 0) is 35.2 Å². The molecule has 0 atom stereocenters. The Balaban J connectivity index is 0.00000162. The minimum Gasteiger partial charge on any atom is -0.873 e. The van der Waals surface area contributed by atoms with Gasteiger partial charge < -0.3 is 10.2 Å². The summed E-state index contributed by atoms with van der Waals surface area (Å²) in [5.74, 6) is -0.869. The Bertz CT molecular complexity index is 555. The van der Waals surface area contributed by atoms with Crippen molar-refractivity contribution in [1.29, 1.82) is 0 Å². The van der Waals surface area contributed by atoms with Gasteiger partial charge in [-0.1, -0.05) is 47.5 Å². The van der Waals surface area contributed by atoms with Gasteiger partial charge in [0.2, 0.25) is 0 Å². The van der Waals surface area contributed by atoms with Gasteiger partial charge in [-0.15, -0.1) is 11.5 Å². The molecule has 0 amide bonds. The molecule has 0 aromatic heterocycles. The SMILES string of the molecule is CCCCc1cc2cc([O-])c([O-])cc2cc1Br.[Ni+2]. The van der Waals surface area contributed by atoms with E-state index in [-0.39, 0.29) is 16.5 Å². The molecule has 0 fully saturated rings. The first-order valence-electron chi connectivity index (χ1n) is 5.72. The van der Waals surface area contributed by atoms with Crippen molar-refractivity contribution in [1.82, 2.24) is 0 Å².